The first-order valence-electron chi connectivity index (χ1n) is 13.6. The molecular weight excluding hydrogens is 452 g/mol. The Morgan fingerprint density at radius 3 is 2.89 bits per heavy atom. The third kappa shape index (κ3) is 5.89. The summed E-state index contributed by atoms with van der Waals surface area (Å²) in [7, 11) is 0. The molecule has 1 saturated heterocycles. The fourth-order valence-electron chi connectivity index (χ4n) is 6.14. The average Bonchev–Trinajstić information content (AvgIpc) is 3.37. The van der Waals surface area contributed by atoms with Crippen molar-refractivity contribution < 1.29 is 14.7 Å². The first-order valence-corrected chi connectivity index (χ1v) is 13.6. The molecule has 5 rings (SSSR count). The fraction of sp³-hybridized carbons (Fsp3) is 0.552. The van der Waals surface area contributed by atoms with Crippen molar-refractivity contribution in [2.24, 2.45) is 5.92 Å². The minimum atomic E-state index is -0.882. The van der Waals surface area contributed by atoms with E-state index in [2.05, 4.69) is 33.7 Å². The van der Waals surface area contributed by atoms with Crippen molar-refractivity contribution >= 4 is 17.7 Å². The van der Waals surface area contributed by atoms with E-state index in [4.69, 9.17) is 4.98 Å². The molecule has 2 aliphatic heterocycles. The lowest BCUT2D eigenvalue weighted by Crippen LogP contribution is -2.44. The maximum atomic E-state index is 13.3. The van der Waals surface area contributed by atoms with Crippen molar-refractivity contribution in [1.29, 1.82) is 0 Å². The molecule has 0 unspecified atom stereocenters. The van der Waals surface area contributed by atoms with Crippen LogP contribution in [0.1, 0.15) is 72.5 Å². The van der Waals surface area contributed by atoms with E-state index >= 15 is 0 Å². The van der Waals surface area contributed by atoms with Crippen LogP contribution in [0.3, 0.4) is 0 Å². The summed E-state index contributed by atoms with van der Waals surface area (Å²) >= 11 is 0. The third-order valence-electron chi connectivity index (χ3n) is 7.99. The minimum absolute atomic E-state index is 0.0102. The number of hydrogen-bond donors (Lipinski definition) is 3. The smallest absolute Gasteiger partial charge is 0.305 e. The summed E-state index contributed by atoms with van der Waals surface area (Å²) in [5, 5.41) is 16.1. The second-order valence-electron chi connectivity index (χ2n) is 10.6. The summed E-state index contributed by atoms with van der Waals surface area (Å²) in [6, 6.07) is 10.0. The average molecular weight is 491 g/mol. The van der Waals surface area contributed by atoms with E-state index in [9.17, 15) is 14.7 Å². The van der Waals surface area contributed by atoms with Crippen LogP contribution in [0.2, 0.25) is 0 Å². The molecule has 0 spiro atoms. The first kappa shape index (κ1) is 24.8. The number of anilines is 1. The van der Waals surface area contributed by atoms with Gasteiger partial charge < -0.3 is 20.6 Å². The van der Waals surface area contributed by atoms with Crippen molar-refractivity contribution in [2.45, 2.75) is 70.3 Å². The monoisotopic (exact) mass is 490 g/mol. The van der Waals surface area contributed by atoms with Gasteiger partial charge in [-0.2, -0.15) is 0 Å². The van der Waals surface area contributed by atoms with E-state index in [-0.39, 0.29) is 18.2 Å². The first-order chi connectivity index (χ1) is 17.6. The normalized spacial score (nSPS) is 20.2. The predicted molar refractivity (Wildman–Crippen MR) is 140 cm³/mol. The molecule has 1 fully saturated rings. The summed E-state index contributed by atoms with van der Waals surface area (Å²) < 4.78 is 0. The summed E-state index contributed by atoms with van der Waals surface area (Å²) in [5.74, 6) is 0.0578. The molecule has 0 bridgehead atoms. The number of hydrogen-bond acceptors (Lipinski definition) is 5. The van der Waals surface area contributed by atoms with Crippen LogP contribution in [0.25, 0.3) is 0 Å². The van der Waals surface area contributed by atoms with E-state index in [0.29, 0.717) is 0 Å². The molecule has 2 aromatic rings. The van der Waals surface area contributed by atoms with Gasteiger partial charge in [-0.25, -0.2) is 4.98 Å². The number of carbonyl (C=O) groups is 2. The minimum Gasteiger partial charge on any atom is -0.481 e. The molecule has 192 valence electrons. The molecule has 1 amide bonds. The van der Waals surface area contributed by atoms with Crippen molar-refractivity contribution in [1.82, 2.24) is 15.2 Å². The Bertz CT molecular complexity index is 1100. The number of aliphatic carboxylic acids is 1. The molecule has 0 saturated carbocycles. The maximum absolute atomic E-state index is 13.3. The summed E-state index contributed by atoms with van der Waals surface area (Å²) in [4.78, 5) is 32.1. The van der Waals surface area contributed by atoms with Gasteiger partial charge in [0.15, 0.2) is 0 Å². The molecular formula is C29H38N4O3. The molecule has 3 aliphatic rings. The van der Waals surface area contributed by atoms with Crippen molar-refractivity contribution in [3.8, 4) is 0 Å². The summed E-state index contributed by atoms with van der Waals surface area (Å²) in [6.07, 6.45) is 9.07. The van der Waals surface area contributed by atoms with Gasteiger partial charge in [-0.1, -0.05) is 24.3 Å². The van der Waals surface area contributed by atoms with Crippen LogP contribution in [0.5, 0.6) is 0 Å². The van der Waals surface area contributed by atoms with Crippen LogP contribution >= 0.6 is 0 Å². The number of pyridine rings is 1. The van der Waals surface area contributed by atoms with Crippen molar-refractivity contribution in [3.63, 3.8) is 0 Å². The second-order valence-corrected chi connectivity index (χ2v) is 10.6. The van der Waals surface area contributed by atoms with Gasteiger partial charge in [0, 0.05) is 18.8 Å². The maximum Gasteiger partial charge on any atom is 0.305 e. The zero-order valence-corrected chi connectivity index (χ0v) is 21.1. The van der Waals surface area contributed by atoms with E-state index < -0.39 is 12.0 Å². The number of fused-ring (bicyclic) bond motifs is 2. The Kier molecular flexibility index (Phi) is 7.85. The topological polar surface area (TPSA) is 94.6 Å². The number of carboxylic acids is 1. The van der Waals surface area contributed by atoms with Crippen molar-refractivity contribution in [3.05, 3.63) is 58.3 Å². The van der Waals surface area contributed by atoms with Crippen LogP contribution in [-0.4, -0.2) is 53.0 Å². The van der Waals surface area contributed by atoms with E-state index in [1.807, 2.05) is 12.1 Å². The Hall–Kier alpha value is -2.93. The molecule has 36 heavy (non-hydrogen) atoms. The highest BCUT2D eigenvalue weighted by molar-refractivity contribution is 5.80. The molecule has 7 heteroatoms. The molecule has 1 aromatic carbocycles. The lowest BCUT2D eigenvalue weighted by molar-refractivity contribution is -0.138. The lowest BCUT2D eigenvalue weighted by Gasteiger charge is -2.33. The van der Waals surface area contributed by atoms with Gasteiger partial charge in [-0.15, -0.1) is 0 Å². The van der Waals surface area contributed by atoms with Crippen LogP contribution < -0.4 is 10.6 Å². The van der Waals surface area contributed by atoms with Gasteiger partial charge in [0.2, 0.25) is 5.91 Å². The Morgan fingerprint density at radius 1 is 1.11 bits per heavy atom. The molecule has 7 nitrogen and oxygen atoms in total. The zero-order chi connectivity index (χ0) is 24.9. The SMILES string of the molecule is O=C(O)C[C@H](NC(=O)[C@@H]1CCCN(CCCc2ccc3c(n2)NCCC3)C1)c1cccc2c1CCC2. The van der Waals surface area contributed by atoms with Gasteiger partial charge in [-0.05, 0) is 99.2 Å². The van der Waals surface area contributed by atoms with Crippen LogP contribution in [-0.2, 0) is 35.3 Å². The number of benzene rings is 1. The number of likely N-dealkylation sites (tertiary alicyclic amines) is 1. The van der Waals surface area contributed by atoms with Crippen LogP contribution in [0.15, 0.2) is 30.3 Å². The van der Waals surface area contributed by atoms with Gasteiger partial charge in [-0.3, -0.25) is 9.59 Å². The number of nitrogens with one attached hydrogen (secondary N) is 2. The Labute approximate surface area is 213 Å². The van der Waals surface area contributed by atoms with E-state index in [1.54, 1.807) is 0 Å². The van der Waals surface area contributed by atoms with Gasteiger partial charge in [0.05, 0.1) is 18.4 Å². The standard InChI is InChI=1S/C29H38N4O3/c34-27(35)18-26(25-12-2-7-20-6-1-11-24(20)25)32-29(36)22-9-4-16-33(19-22)17-5-10-23-14-13-21-8-3-15-30-28(21)31-23/h2,7,12-14,22,26H,1,3-6,8-11,15-19H2,(H,30,31)(H,32,36)(H,34,35)/t22-,26+/m1/s1. The third-order valence-corrected chi connectivity index (χ3v) is 7.99. The number of nitrogens with zero attached hydrogens (tertiary/aromatic N) is 2. The Morgan fingerprint density at radius 2 is 2.00 bits per heavy atom. The number of rotatable bonds is 9. The molecule has 1 aromatic heterocycles. The molecule has 3 heterocycles. The number of carbonyl (C=O) groups excluding carboxylic acids is 1. The predicted octanol–water partition coefficient (Wildman–Crippen LogP) is 3.91. The molecule has 2 atom stereocenters. The lowest BCUT2D eigenvalue weighted by atomic mass is 9.93. The number of amides is 1. The van der Waals surface area contributed by atoms with Gasteiger partial charge >= 0.3 is 5.97 Å². The quantitative estimate of drug-likeness (QED) is 0.494. The van der Waals surface area contributed by atoms with Crippen molar-refractivity contribution in [2.75, 3.05) is 31.5 Å². The molecule has 0 radical (unpaired) electrons. The van der Waals surface area contributed by atoms with Gasteiger partial charge in [0.25, 0.3) is 0 Å². The fourth-order valence-corrected chi connectivity index (χ4v) is 6.14. The molecule has 3 N–H and O–H groups in total. The van der Waals surface area contributed by atoms with Crippen LogP contribution in [0.4, 0.5) is 5.82 Å². The summed E-state index contributed by atoms with van der Waals surface area (Å²) in [5.41, 5.74) is 5.96. The highest BCUT2D eigenvalue weighted by atomic mass is 16.4. The highest BCUT2D eigenvalue weighted by Crippen LogP contribution is 2.31. The number of aryl methyl sites for hydroxylation is 3. The second kappa shape index (κ2) is 11.4. The largest absolute Gasteiger partial charge is 0.481 e. The number of piperidine rings is 1. The molecule has 1 aliphatic carbocycles. The summed E-state index contributed by atoms with van der Waals surface area (Å²) in [6.45, 7) is 3.69. The zero-order valence-electron chi connectivity index (χ0n) is 21.1. The Balaban J connectivity index is 1.16. The number of carboxylic acid groups (broad SMARTS) is 1. The van der Waals surface area contributed by atoms with E-state index in [0.717, 1.165) is 94.6 Å². The van der Waals surface area contributed by atoms with Gasteiger partial charge in [0.1, 0.15) is 5.82 Å². The number of aromatic nitrogens is 1. The van der Waals surface area contributed by atoms with E-state index in [1.165, 1.54) is 23.1 Å². The highest BCUT2D eigenvalue weighted by Gasteiger charge is 2.30. The van der Waals surface area contributed by atoms with Crippen LogP contribution in [0, 0.1) is 5.92 Å².